The predicted octanol–water partition coefficient (Wildman–Crippen LogP) is 0.953. The topological polar surface area (TPSA) is 63.4 Å². The van der Waals surface area contributed by atoms with E-state index in [2.05, 4.69) is 12.1 Å². The lowest BCUT2D eigenvalue weighted by Crippen LogP contribution is -2.29. The van der Waals surface area contributed by atoms with Crippen molar-refractivity contribution in [1.29, 1.82) is 0 Å². The van der Waals surface area contributed by atoms with Crippen LogP contribution in [0.1, 0.15) is 18.4 Å². The summed E-state index contributed by atoms with van der Waals surface area (Å²) >= 11 is 0. The van der Waals surface area contributed by atoms with E-state index >= 15 is 0 Å². The van der Waals surface area contributed by atoms with Crippen molar-refractivity contribution in [3.8, 4) is 0 Å². The fraction of sp³-hybridized carbons (Fsp3) is 0.429. The molecule has 0 spiro atoms. The molecular weight excluding hydrogens is 228 g/mol. The fourth-order valence-corrected chi connectivity index (χ4v) is 2.30. The molecule has 4 heteroatoms. The van der Waals surface area contributed by atoms with Crippen molar-refractivity contribution in [2.75, 3.05) is 13.1 Å². The van der Waals surface area contributed by atoms with Gasteiger partial charge in [-0.15, -0.1) is 0 Å². The molecule has 96 valence electrons. The summed E-state index contributed by atoms with van der Waals surface area (Å²) in [5.74, 6) is -0.616. The highest BCUT2D eigenvalue weighted by molar-refractivity contribution is 5.88. The van der Waals surface area contributed by atoms with Crippen LogP contribution in [0.25, 0.3) is 0 Å². The van der Waals surface area contributed by atoms with E-state index in [0.717, 1.165) is 12.8 Å². The molecule has 2 rings (SSSR count). The molecule has 0 saturated carbocycles. The second-order valence-corrected chi connectivity index (χ2v) is 4.73. The van der Waals surface area contributed by atoms with Crippen LogP contribution in [0.2, 0.25) is 0 Å². The maximum absolute atomic E-state index is 11.6. The average Bonchev–Trinajstić information content (AvgIpc) is 2.73. The first-order chi connectivity index (χ1) is 8.66. The summed E-state index contributed by atoms with van der Waals surface area (Å²) in [4.78, 5) is 24.4. The molecule has 1 aromatic rings. The van der Waals surface area contributed by atoms with Crippen LogP contribution in [0.4, 0.5) is 0 Å². The number of hydrogen-bond donors (Lipinski definition) is 1. The van der Waals surface area contributed by atoms with Crippen molar-refractivity contribution in [3.05, 3.63) is 35.9 Å². The third kappa shape index (κ3) is 3.09. The Morgan fingerprint density at radius 3 is 2.67 bits per heavy atom. The SMILES string of the molecule is NC(=O)C1CC(=O)N(CCCc2ccccc2)C1. The van der Waals surface area contributed by atoms with Crippen molar-refractivity contribution < 1.29 is 9.59 Å². The molecule has 0 bridgehead atoms. The highest BCUT2D eigenvalue weighted by atomic mass is 16.2. The summed E-state index contributed by atoms with van der Waals surface area (Å²) in [5.41, 5.74) is 6.50. The molecular formula is C14H18N2O2. The van der Waals surface area contributed by atoms with E-state index in [1.807, 2.05) is 18.2 Å². The number of amides is 2. The molecule has 1 atom stereocenters. The average molecular weight is 246 g/mol. The van der Waals surface area contributed by atoms with Crippen molar-refractivity contribution in [2.24, 2.45) is 11.7 Å². The Kier molecular flexibility index (Phi) is 3.97. The van der Waals surface area contributed by atoms with Gasteiger partial charge in [0.15, 0.2) is 0 Å². The maximum Gasteiger partial charge on any atom is 0.223 e. The van der Waals surface area contributed by atoms with E-state index in [0.29, 0.717) is 13.1 Å². The largest absolute Gasteiger partial charge is 0.369 e. The van der Waals surface area contributed by atoms with Crippen molar-refractivity contribution in [1.82, 2.24) is 4.90 Å². The number of nitrogens with two attached hydrogens (primary N) is 1. The van der Waals surface area contributed by atoms with Crippen molar-refractivity contribution in [2.45, 2.75) is 19.3 Å². The molecule has 1 aromatic carbocycles. The standard InChI is InChI=1S/C14H18N2O2/c15-14(18)12-9-13(17)16(10-12)8-4-7-11-5-2-1-3-6-11/h1-3,5-6,12H,4,7-10H2,(H2,15,18). The smallest absolute Gasteiger partial charge is 0.223 e. The Labute approximate surface area is 107 Å². The van der Waals surface area contributed by atoms with E-state index in [-0.39, 0.29) is 24.2 Å². The molecule has 1 fully saturated rings. The molecule has 18 heavy (non-hydrogen) atoms. The van der Waals surface area contributed by atoms with Gasteiger partial charge in [0.05, 0.1) is 5.92 Å². The first-order valence-electron chi connectivity index (χ1n) is 6.28. The van der Waals surface area contributed by atoms with Gasteiger partial charge in [0.2, 0.25) is 11.8 Å². The van der Waals surface area contributed by atoms with Gasteiger partial charge in [0.25, 0.3) is 0 Å². The Morgan fingerprint density at radius 1 is 1.33 bits per heavy atom. The predicted molar refractivity (Wildman–Crippen MR) is 68.6 cm³/mol. The van der Waals surface area contributed by atoms with Crippen LogP contribution in [0, 0.1) is 5.92 Å². The lowest BCUT2D eigenvalue weighted by atomic mass is 10.1. The van der Waals surface area contributed by atoms with Crippen molar-refractivity contribution in [3.63, 3.8) is 0 Å². The molecule has 1 aliphatic rings. The number of nitrogens with zero attached hydrogens (tertiary/aromatic N) is 1. The van der Waals surface area contributed by atoms with E-state index in [1.165, 1.54) is 5.56 Å². The summed E-state index contributed by atoms with van der Waals surface area (Å²) in [6.07, 6.45) is 2.15. The molecule has 2 N–H and O–H groups in total. The fourth-order valence-electron chi connectivity index (χ4n) is 2.30. The van der Waals surface area contributed by atoms with Crippen LogP contribution in [0.15, 0.2) is 30.3 Å². The Hall–Kier alpha value is -1.84. The first kappa shape index (κ1) is 12.6. The molecule has 0 aliphatic carbocycles. The van der Waals surface area contributed by atoms with Gasteiger partial charge in [-0.25, -0.2) is 0 Å². The molecule has 1 heterocycles. The zero-order valence-electron chi connectivity index (χ0n) is 10.3. The molecule has 2 amide bonds. The number of rotatable bonds is 5. The van der Waals surface area contributed by atoms with Gasteiger partial charge < -0.3 is 10.6 Å². The van der Waals surface area contributed by atoms with Crippen LogP contribution in [-0.4, -0.2) is 29.8 Å². The Morgan fingerprint density at radius 2 is 2.06 bits per heavy atom. The second-order valence-electron chi connectivity index (χ2n) is 4.73. The molecule has 1 unspecified atom stereocenters. The number of benzene rings is 1. The Balaban J connectivity index is 1.78. The number of hydrogen-bond acceptors (Lipinski definition) is 2. The number of aryl methyl sites for hydroxylation is 1. The van der Waals surface area contributed by atoms with E-state index in [4.69, 9.17) is 5.73 Å². The number of carbonyl (C=O) groups is 2. The quantitative estimate of drug-likeness (QED) is 0.840. The third-order valence-electron chi connectivity index (χ3n) is 3.35. The van der Waals surface area contributed by atoms with Gasteiger partial charge >= 0.3 is 0 Å². The van der Waals surface area contributed by atoms with Crippen LogP contribution >= 0.6 is 0 Å². The van der Waals surface area contributed by atoms with Gasteiger partial charge in [0, 0.05) is 19.5 Å². The first-order valence-corrected chi connectivity index (χ1v) is 6.28. The van der Waals surface area contributed by atoms with Crippen LogP contribution in [0.5, 0.6) is 0 Å². The van der Waals surface area contributed by atoms with E-state index in [9.17, 15) is 9.59 Å². The van der Waals surface area contributed by atoms with Crippen molar-refractivity contribution >= 4 is 11.8 Å². The highest BCUT2D eigenvalue weighted by Gasteiger charge is 2.32. The van der Waals surface area contributed by atoms with E-state index < -0.39 is 0 Å². The second kappa shape index (κ2) is 5.67. The highest BCUT2D eigenvalue weighted by Crippen LogP contribution is 2.17. The van der Waals surface area contributed by atoms with Gasteiger partial charge in [-0.2, -0.15) is 0 Å². The molecule has 1 saturated heterocycles. The third-order valence-corrected chi connectivity index (χ3v) is 3.35. The lowest BCUT2D eigenvalue weighted by molar-refractivity contribution is -0.128. The number of likely N-dealkylation sites (tertiary alicyclic amines) is 1. The maximum atomic E-state index is 11.6. The van der Waals surface area contributed by atoms with Gasteiger partial charge in [0.1, 0.15) is 0 Å². The van der Waals surface area contributed by atoms with Crippen LogP contribution in [0.3, 0.4) is 0 Å². The summed E-state index contributed by atoms with van der Waals surface area (Å²) in [7, 11) is 0. The monoisotopic (exact) mass is 246 g/mol. The van der Waals surface area contributed by atoms with Gasteiger partial charge in [-0.05, 0) is 18.4 Å². The van der Waals surface area contributed by atoms with Gasteiger partial charge in [-0.1, -0.05) is 30.3 Å². The summed E-state index contributed by atoms with van der Waals surface area (Å²) in [6.45, 7) is 1.19. The zero-order chi connectivity index (χ0) is 13.0. The zero-order valence-corrected chi connectivity index (χ0v) is 10.3. The summed E-state index contributed by atoms with van der Waals surface area (Å²) < 4.78 is 0. The lowest BCUT2D eigenvalue weighted by Gasteiger charge is -2.15. The number of primary amides is 1. The van der Waals surface area contributed by atoms with Gasteiger partial charge in [-0.3, -0.25) is 9.59 Å². The molecule has 1 aliphatic heterocycles. The molecule has 0 radical (unpaired) electrons. The normalized spacial score (nSPS) is 19.2. The minimum atomic E-state index is -0.367. The van der Waals surface area contributed by atoms with Crippen LogP contribution < -0.4 is 5.73 Å². The van der Waals surface area contributed by atoms with E-state index in [1.54, 1.807) is 4.90 Å². The number of carbonyl (C=O) groups excluding carboxylic acids is 2. The summed E-state index contributed by atoms with van der Waals surface area (Å²) in [5, 5.41) is 0. The molecule has 4 nitrogen and oxygen atoms in total. The minimum absolute atomic E-state index is 0.0480. The Bertz CT molecular complexity index is 431. The van der Waals surface area contributed by atoms with Crippen LogP contribution in [-0.2, 0) is 16.0 Å². The summed E-state index contributed by atoms with van der Waals surface area (Å²) in [6, 6.07) is 10.2. The minimum Gasteiger partial charge on any atom is -0.369 e. The molecule has 0 aromatic heterocycles.